The molecular weight excluding hydrogens is 468 g/mol. The summed E-state index contributed by atoms with van der Waals surface area (Å²) < 4.78 is 10.5. The molecule has 0 spiro atoms. The Morgan fingerprint density at radius 2 is 1.65 bits per heavy atom. The molecule has 5 rings (SSSR count). The molecule has 1 amide bonds. The number of rotatable bonds is 7. The van der Waals surface area contributed by atoms with E-state index in [4.69, 9.17) is 9.47 Å². The molecule has 0 aromatic heterocycles. The number of hydrogen-bond acceptors (Lipinski definition) is 6. The van der Waals surface area contributed by atoms with E-state index in [0.717, 1.165) is 27.6 Å². The number of hydrogen-bond donors (Lipinski definition) is 1. The van der Waals surface area contributed by atoms with E-state index in [1.807, 2.05) is 60.7 Å². The predicted octanol–water partition coefficient (Wildman–Crippen LogP) is 4.80. The van der Waals surface area contributed by atoms with Gasteiger partial charge in [-0.25, -0.2) is 9.80 Å². The van der Waals surface area contributed by atoms with Crippen molar-refractivity contribution in [2.24, 2.45) is 5.10 Å². The Bertz CT molecular complexity index is 1450. The van der Waals surface area contributed by atoms with E-state index >= 15 is 0 Å². The van der Waals surface area contributed by atoms with Crippen LogP contribution in [0.3, 0.4) is 0 Å². The molecule has 7 heteroatoms. The highest BCUT2D eigenvalue weighted by atomic mass is 16.5. The Labute approximate surface area is 214 Å². The highest BCUT2D eigenvalue weighted by Crippen LogP contribution is 2.34. The van der Waals surface area contributed by atoms with E-state index in [-0.39, 0.29) is 6.04 Å². The molecule has 1 aliphatic heterocycles. The maximum absolute atomic E-state index is 13.2. The van der Waals surface area contributed by atoms with Gasteiger partial charge in [0.15, 0.2) is 12.7 Å². The number of benzene rings is 4. The number of hydrazone groups is 1. The number of ether oxygens (including phenoxy) is 2. The smallest absolute Gasteiger partial charge is 0.340 e. The van der Waals surface area contributed by atoms with Gasteiger partial charge in [-0.2, -0.15) is 5.10 Å². The Morgan fingerprint density at radius 3 is 2.38 bits per heavy atom. The number of carbonyl (C=O) groups excluding carboxylic acids is 2. The van der Waals surface area contributed by atoms with Crippen LogP contribution in [0.15, 0.2) is 102 Å². The zero-order valence-electron chi connectivity index (χ0n) is 20.3. The van der Waals surface area contributed by atoms with Crippen LogP contribution in [-0.4, -0.2) is 41.4 Å². The summed E-state index contributed by atoms with van der Waals surface area (Å²) in [6.45, 7) is -0.538. The first kappa shape index (κ1) is 24.2. The fraction of sp³-hybridized carbons (Fsp3) is 0.167. The van der Waals surface area contributed by atoms with Crippen LogP contribution in [0.25, 0.3) is 10.8 Å². The van der Waals surface area contributed by atoms with Crippen LogP contribution in [0.5, 0.6) is 5.75 Å². The lowest BCUT2D eigenvalue weighted by Gasteiger charge is -2.22. The molecule has 1 aliphatic rings. The fourth-order valence-electron chi connectivity index (χ4n) is 4.42. The van der Waals surface area contributed by atoms with Crippen molar-refractivity contribution in [3.05, 3.63) is 114 Å². The van der Waals surface area contributed by atoms with Gasteiger partial charge in [0.05, 0.1) is 18.9 Å². The normalized spacial score (nSPS) is 15.8. The molecule has 4 aromatic rings. The Balaban J connectivity index is 1.38. The highest BCUT2D eigenvalue weighted by molar-refractivity contribution is 6.05. The topological polar surface area (TPSA) is 88.4 Å². The van der Waals surface area contributed by atoms with Gasteiger partial charge in [-0.3, -0.25) is 4.79 Å². The zero-order chi connectivity index (χ0) is 25.8. The monoisotopic (exact) mass is 494 g/mol. The molecule has 7 nitrogen and oxygen atoms in total. The quantitative estimate of drug-likeness (QED) is 0.373. The molecule has 0 bridgehead atoms. The van der Waals surface area contributed by atoms with Gasteiger partial charge < -0.3 is 14.6 Å². The maximum Gasteiger partial charge on any atom is 0.340 e. The molecule has 0 saturated carbocycles. The number of methoxy groups -OCH3 is 1. The summed E-state index contributed by atoms with van der Waals surface area (Å²) in [6.07, 6.45) is -0.974. The molecule has 1 N–H and O–H groups in total. The van der Waals surface area contributed by atoms with Gasteiger partial charge in [0, 0.05) is 6.42 Å². The molecule has 0 aliphatic carbocycles. The summed E-state index contributed by atoms with van der Waals surface area (Å²) >= 11 is 0. The first-order chi connectivity index (χ1) is 18.0. The van der Waals surface area contributed by atoms with Gasteiger partial charge in [0.2, 0.25) is 0 Å². The standard InChI is InChI=1S/C30H26N2O5/c1-36-25-15-13-21(14-16-25)27-18-26(24-12-11-20-7-5-6-10-23(20)17-24)31-32(27)28(33)19-37-30(35)29(34)22-8-3-2-4-9-22/h2-17,27,29,34H,18-19H2,1H3. The summed E-state index contributed by atoms with van der Waals surface area (Å²) in [7, 11) is 1.60. The van der Waals surface area contributed by atoms with Crippen LogP contribution in [-0.2, 0) is 14.3 Å². The van der Waals surface area contributed by atoms with Crippen molar-refractivity contribution in [1.82, 2.24) is 5.01 Å². The predicted molar refractivity (Wildman–Crippen MR) is 140 cm³/mol. The van der Waals surface area contributed by atoms with Crippen molar-refractivity contribution in [3.63, 3.8) is 0 Å². The third-order valence-corrected chi connectivity index (χ3v) is 6.43. The van der Waals surface area contributed by atoms with Crippen LogP contribution in [0.4, 0.5) is 0 Å². The van der Waals surface area contributed by atoms with E-state index in [1.54, 1.807) is 37.4 Å². The van der Waals surface area contributed by atoms with Gasteiger partial charge in [-0.05, 0) is 45.7 Å². The van der Waals surface area contributed by atoms with Crippen molar-refractivity contribution in [2.45, 2.75) is 18.6 Å². The summed E-state index contributed by atoms with van der Waals surface area (Å²) in [5.41, 5.74) is 2.96. The number of amides is 1. The number of carbonyl (C=O) groups is 2. The van der Waals surface area contributed by atoms with Crippen LogP contribution < -0.4 is 4.74 Å². The second-order valence-corrected chi connectivity index (χ2v) is 8.76. The Kier molecular flexibility index (Phi) is 6.96. The molecular formula is C30H26N2O5. The van der Waals surface area contributed by atoms with E-state index in [2.05, 4.69) is 11.2 Å². The van der Waals surface area contributed by atoms with E-state index in [1.165, 1.54) is 5.01 Å². The van der Waals surface area contributed by atoms with E-state index < -0.39 is 24.6 Å². The summed E-state index contributed by atoms with van der Waals surface area (Å²) in [4.78, 5) is 25.6. The molecule has 1 heterocycles. The summed E-state index contributed by atoms with van der Waals surface area (Å²) in [5.74, 6) is -0.664. The molecule has 2 atom stereocenters. The van der Waals surface area contributed by atoms with Gasteiger partial charge >= 0.3 is 5.97 Å². The summed E-state index contributed by atoms with van der Waals surface area (Å²) in [6, 6.07) is 29.7. The van der Waals surface area contributed by atoms with E-state index in [9.17, 15) is 14.7 Å². The SMILES string of the molecule is COc1ccc(C2CC(c3ccc4ccccc4c3)=NN2C(=O)COC(=O)C(O)c2ccccc2)cc1. The van der Waals surface area contributed by atoms with Gasteiger partial charge in [0.1, 0.15) is 5.75 Å². The molecule has 4 aromatic carbocycles. The third kappa shape index (κ3) is 5.22. The molecule has 186 valence electrons. The second kappa shape index (κ2) is 10.6. The minimum Gasteiger partial charge on any atom is -0.497 e. The molecule has 0 radical (unpaired) electrons. The molecule has 0 fully saturated rings. The Morgan fingerprint density at radius 1 is 0.946 bits per heavy atom. The van der Waals surface area contributed by atoms with Gasteiger partial charge in [-0.1, -0.05) is 78.9 Å². The van der Waals surface area contributed by atoms with Gasteiger partial charge in [0.25, 0.3) is 5.91 Å². The largest absolute Gasteiger partial charge is 0.497 e. The number of aliphatic hydroxyl groups is 1. The second-order valence-electron chi connectivity index (χ2n) is 8.76. The van der Waals surface area contributed by atoms with Crippen molar-refractivity contribution >= 4 is 28.4 Å². The van der Waals surface area contributed by atoms with Crippen LogP contribution >= 0.6 is 0 Å². The lowest BCUT2D eigenvalue weighted by atomic mass is 9.97. The minimum atomic E-state index is -1.47. The average molecular weight is 495 g/mol. The molecule has 37 heavy (non-hydrogen) atoms. The van der Waals surface area contributed by atoms with Crippen molar-refractivity contribution in [2.75, 3.05) is 13.7 Å². The average Bonchev–Trinajstić information content (AvgIpc) is 3.41. The maximum atomic E-state index is 13.2. The van der Waals surface area contributed by atoms with Crippen molar-refractivity contribution in [1.29, 1.82) is 0 Å². The number of aliphatic hydroxyl groups excluding tert-OH is 1. The zero-order valence-corrected chi connectivity index (χ0v) is 20.3. The van der Waals surface area contributed by atoms with Crippen molar-refractivity contribution in [3.8, 4) is 5.75 Å². The number of fused-ring (bicyclic) bond motifs is 1. The molecule has 2 unspecified atom stereocenters. The lowest BCUT2D eigenvalue weighted by molar-refractivity contribution is -0.160. The first-order valence-corrected chi connectivity index (χ1v) is 12.0. The minimum absolute atomic E-state index is 0.377. The number of nitrogens with zero attached hydrogens (tertiary/aromatic N) is 2. The first-order valence-electron chi connectivity index (χ1n) is 12.0. The molecule has 0 saturated heterocycles. The lowest BCUT2D eigenvalue weighted by Crippen LogP contribution is -2.32. The van der Waals surface area contributed by atoms with Crippen LogP contribution in [0.2, 0.25) is 0 Å². The fourth-order valence-corrected chi connectivity index (χ4v) is 4.42. The number of esters is 1. The summed E-state index contributed by atoms with van der Waals surface area (Å²) in [5, 5.41) is 18.5. The van der Waals surface area contributed by atoms with Crippen LogP contribution in [0.1, 0.15) is 35.3 Å². The highest BCUT2D eigenvalue weighted by Gasteiger charge is 2.34. The van der Waals surface area contributed by atoms with Crippen molar-refractivity contribution < 1.29 is 24.2 Å². The Hall–Kier alpha value is -4.49. The van der Waals surface area contributed by atoms with E-state index in [0.29, 0.717) is 17.7 Å². The third-order valence-electron chi connectivity index (χ3n) is 6.43. The van der Waals surface area contributed by atoms with Crippen LogP contribution in [0, 0.1) is 0 Å². The van der Waals surface area contributed by atoms with Gasteiger partial charge in [-0.15, -0.1) is 0 Å².